The fraction of sp³-hybridized carbons (Fsp3) is 0.412. The molecule has 1 aliphatic carbocycles. The van der Waals surface area contributed by atoms with E-state index in [-0.39, 0.29) is 24.5 Å². The molecule has 124 valence electrons. The predicted molar refractivity (Wildman–Crippen MR) is 84.7 cm³/mol. The second kappa shape index (κ2) is 7.67. The van der Waals surface area contributed by atoms with Gasteiger partial charge in [0.15, 0.2) is 18.1 Å². The van der Waals surface area contributed by atoms with Gasteiger partial charge in [-0.1, -0.05) is 12.1 Å². The Morgan fingerprint density at radius 2 is 2.13 bits per heavy atom. The van der Waals surface area contributed by atoms with Crippen molar-refractivity contribution >= 4 is 11.9 Å². The molecule has 1 aromatic rings. The Bertz CT molecular complexity index is 593. The number of hydrogen-bond donors (Lipinski definition) is 2. The molecule has 1 amide bonds. The van der Waals surface area contributed by atoms with Gasteiger partial charge >= 0.3 is 5.97 Å². The summed E-state index contributed by atoms with van der Waals surface area (Å²) in [4.78, 5) is 22.5. The van der Waals surface area contributed by atoms with Crippen LogP contribution in [0.15, 0.2) is 30.9 Å². The standard InChI is InChI=1S/C17H21NO5/c1-3-4-11-5-6-14(15(7-11)22-2)23-10-16(19)18-13-8-12(9-13)17(20)21/h3,5-7,12-13H,1,4,8-10H2,2H3,(H,18,19)(H,20,21). The molecule has 0 bridgehead atoms. The van der Waals surface area contributed by atoms with Crippen molar-refractivity contribution in [2.75, 3.05) is 13.7 Å². The van der Waals surface area contributed by atoms with Gasteiger partial charge in [-0.2, -0.15) is 0 Å². The van der Waals surface area contributed by atoms with Crippen molar-refractivity contribution in [2.45, 2.75) is 25.3 Å². The molecule has 2 rings (SSSR count). The zero-order valence-electron chi connectivity index (χ0n) is 13.1. The van der Waals surface area contributed by atoms with Gasteiger partial charge < -0.3 is 19.9 Å². The number of rotatable bonds is 8. The van der Waals surface area contributed by atoms with Gasteiger partial charge in [0.05, 0.1) is 13.0 Å². The zero-order chi connectivity index (χ0) is 16.8. The summed E-state index contributed by atoms with van der Waals surface area (Å²) in [6, 6.07) is 5.41. The number of benzene rings is 1. The summed E-state index contributed by atoms with van der Waals surface area (Å²) in [5, 5.41) is 11.6. The van der Waals surface area contributed by atoms with Crippen LogP contribution in [0.5, 0.6) is 11.5 Å². The molecule has 0 saturated heterocycles. The number of carboxylic acids is 1. The lowest BCUT2D eigenvalue weighted by Gasteiger charge is -2.32. The first-order valence-corrected chi connectivity index (χ1v) is 7.46. The van der Waals surface area contributed by atoms with E-state index in [4.69, 9.17) is 14.6 Å². The van der Waals surface area contributed by atoms with Gasteiger partial charge in [0.2, 0.25) is 0 Å². The van der Waals surface area contributed by atoms with Crippen LogP contribution >= 0.6 is 0 Å². The molecule has 6 heteroatoms. The van der Waals surface area contributed by atoms with Gasteiger partial charge in [-0.25, -0.2) is 0 Å². The number of methoxy groups -OCH3 is 1. The molecule has 0 aliphatic heterocycles. The van der Waals surface area contributed by atoms with Gasteiger partial charge in [-0.3, -0.25) is 9.59 Å². The summed E-state index contributed by atoms with van der Waals surface area (Å²) in [6.07, 6.45) is 3.47. The van der Waals surface area contributed by atoms with Crippen molar-refractivity contribution in [3.63, 3.8) is 0 Å². The molecule has 0 spiro atoms. The van der Waals surface area contributed by atoms with Crippen LogP contribution in [0.1, 0.15) is 18.4 Å². The van der Waals surface area contributed by atoms with Crippen LogP contribution in [0, 0.1) is 5.92 Å². The van der Waals surface area contributed by atoms with Crippen molar-refractivity contribution in [2.24, 2.45) is 5.92 Å². The van der Waals surface area contributed by atoms with E-state index in [0.29, 0.717) is 24.3 Å². The first-order valence-electron chi connectivity index (χ1n) is 7.46. The fourth-order valence-electron chi connectivity index (χ4n) is 2.47. The average molecular weight is 319 g/mol. The van der Waals surface area contributed by atoms with E-state index in [0.717, 1.165) is 12.0 Å². The first kappa shape index (κ1) is 16.9. The lowest BCUT2D eigenvalue weighted by atomic mass is 9.80. The van der Waals surface area contributed by atoms with Crippen LogP contribution < -0.4 is 14.8 Å². The maximum atomic E-state index is 11.8. The number of carbonyl (C=O) groups is 2. The summed E-state index contributed by atoms with van der Waals surface area (Å²) in [5.74, 6) is -0.370. The lowest BCUT2D eigenvalue weighted by molar-refractivity contribution is -0.146. The molecule has 23 heavy (non-hydrogen) atoms. The maximum absolute atomic E-state index is 11.8. The van der Waals surface area contributed by atoms with E-state index in [1.807, 2.05) is 12.1 Å². The Hall–Kier alpha value is -2.50. The monoisotopic (exact) mass is 319 g/mol. The second-order valence-electron chi connectivity index (χ2n) is 5.54. The minimum absolute atomic E-state index is 0.0796. The molecular formula is C17H21NO5. The highest BCUT2D eigenvalue weighted by molar-refractivity contribution is 5.79. The van der Waals surface area contributed by atoms with E-state index in [9.17, 15) is 9.59 Å². The van der Waals surface area contributed by atoms with Crippen molar-refractivity contribution < 1.29 is 24.2 Å². The third-order valence-corrected chi connectivity index (χ3v) is 3.82. The molecule has 1 saturated carbocycles. The number of amides is 1. The van der Waals surface area contributed by atoms with E-state index in [1.54, 1.807) is 19.3 Å². The molecule has 0 atom stereocenters. The fourth-order valence-corrected chi connectivity index (χ4v) is 2.47. The van der Waals surface area contributed by atoms with Crippen molar-refractivity contribution in [1.29, 1.82) is 0 Å². The van der Waals surface area contributed by atoms with Crippen LogP contribution in [0.2, 0.25) is 0 Å². The summed E-state index contributed by atoms with van der Waals surface area (Å²) >= 11 is 0. The second-order valence-corrected chi connectivity index (χ2v) is 5.54. The van der Waals surface area contributed by atoms with E-state index >= 15 is 0 Å². The Labute approximate surface area is 135 Å². The molecule has 6 nitrogen and oxygen atoms in total. The van der Waals surface area contributed by atoms with E-state index in [2.05, 4.69) is 11.9 Å². The number of carbonyl (C=O) groups excluding carboxylic acids is 1. The minimum atomic E-state index is -0.809. The van der Waals surface area contributed by atoms with Crippen LogP contribution in [0.4, 0.5) is 0 Å². The van der Waals surface area contributed by atoms with Crippen molar-refractivity contribution in [3.05, 3.63) is 36.4 Å². The average Bonchev–Trinajstić information content (AvgIpc) is 2.48. The number of allylic oxidation sites excluding steroid dienone is 1. The normalized spacial score (nSPS) is 19.3. The number of carboxylic acid groups (broad SMARTS) is 1. The molecule has 0 radical (unpaired) electrons. The number of hydrogen-bond acceptors (Lipinski definition) is 4. The third kappa shape index (κ3) is 4.48. The number of aliphatic carboxylic acids is 1. The Balaban J connectivity index is 1.82. The number of nitrogens with one attached hydrogen (secondary N) is 1. The minimum Gasteiger partial charge on any atom is -0.493 e. The Morgan fingerprint density at radius 1 is 1.39 bits per heavy atom. The highest BCUT2D eigenvalue weighted by atomic mass is 16.5. The zero-order valence-corrected chi connectivity index (χ0v) is 13.1. The highest BCUT2D eigenvalue weighted by Crippen LogP contribution is 2.29. The summed E-state index contributed by atoms with van der Waals surface area (Å²) in [5.41, 5.74) is 1.04. The van der Waals surface area contributed by atoms with Gasteiger partial charge in [-0.15, -0.1) is 6.58 Å². The lowest BCUT2D eigenvalue weighted by Crippen LogP contribution is -2.48. The molecule has 0 unspecified atom stereocenters. The SMILES string of the molecule is C=CCc1ccc(OCC(=O)NC2CC(C(=O)O)C2)c(OC)c1. The summed E-state index contributed by atoms with van der Waals surface area (Å²) in [7, 11) is 1.54. The highest BCUT2D eigenvalue weighted by Gasteiger charge is 2.35. The summed E-state index contributed by atoms with van der Waals surface area (Å²) < 4.78 is 10.7. The predicted octanol–water partition coefficient (Wildman–Crippen LogP) is 1.78. The Kier molecular flexibility index (Phi) is 5.62. The van der Waals surface area contributed by atoms with Crippen LogP contribution in [-0.4, -0.2) is 36.7 Å². The quantitative estimate of drug-likeness (QED) is 0.714. The smallest absolute Gasteiger partial charge is 0.306 e. The van der Waals surface area contributed by atoms with Crippen molar-refractivity contribution in [3.8, 4) is 11.5 Å². The molecule has 0 heterocycles. The topological polar surface area (TPSA) is 84.9 Å². The maximum Gasteiger partial charge on any atom is 0.306 e. The van der Waals surface area contributed by atoms with Gasteiger partial charge in [0.1, 0.15) is 0 Å². The van der Waals surface area contributed by atoms with Crippen LogP contribution in [0.3, 0.4) is 0 Å². The van der Waals surface area contributed by atoms with Crippen molar-refractivity contribution in [1.82, 2.24) is 5.32 Å². The molecule has 2 N–H and O–H groups in total. The molecule has 0 aromatic heterocycles. The van der Waals surface area contributed by atoms with Gasteiger partial charge in [0.25, 0.3) is 5.91 Å². The van der Waals surface area contributed by atoms with E-state index < -0.39 is 5.97 Å². The summed E-state index contributed by atoms with van der Waals surface area (Å²) in [6.45, 7) is 3.56. The molecule has 1 aromatic carbocycles. The van der Waals surface area contributed by atoms with Gasteiger partial charge in [-0.05, 0) is 37.0 Å². The molecule has 1 aliphatic rings. The van der Waals surface area contributed by atoms with Crippen LogP contribution in [0.25, 0.3) is 0 Å². The van der Waals surface area contributed by atoms with E-state index in [1.165, 1.54) is 0 Å². The third-order valence-electron chi connectivity index (χ3n) is 3.82. The van der Waals surface area contributed by atoms with Gasteiger partial charge in [0, 0.05) is 6.04 Å². The first-order chi connectivity index (χ1) is 11.0. The van der Waals surface area contributed by atoms with Crippen LogP contribution in [-0.2, 0) is 16.0 Å². The number of ether oxygens (including phenoxy) is 2. The molecular weight excluding hydrogens is 298 g/mol. The largest absolute Gasteiger partial charge is 0.493 e. The molecule has 1 fully saturated rings. The Morgan fingerprint density at radius 3 is 2.74 bits per heavy atom.